The first-order chi connectivity index (χ1) is 20.8. The summed E-state index contributed by atoms with van der Waals surface area (Å²) < 4.78 is 18.2. The van der Waals surface area contributed by atoms with Crippen LogP contribution in [0.15, 0.2) is 89.5 Å². The molecule has 0 atom stereocenters. The number of hydrogen-bond acceptors (Lipinski definition) is 6. The van der Waals surface area contributed by atoms with Crippen molar-refractivity contribution in [3.63, 3.8) is 0 Å². The van der Waals surface area contributed by atoms with Gasteiger partial charge in [0.1, 0.15) is 18.1 Å². The second kappa shape index (κ2) is 11.4. The molecule has 0 unspecified atom stereocenters. The van der Waals surface area contributed by atoms with Crippen LogP contribution < -0.4 is 15.8 Å². The molecule has 6 rings (SSSR count). The number of aromatic nitrogens is 2. The maximum Gasteiger partial charge on any atom is 0.411 e. The van der Waals surface area contributed by atoms with Gasteiger partial charge in [0.2, 0.25) is 5.91 Å². The Bertz CT molecular complexity index is 1950. The molecule has 9 nitrogen and oxygen atoms in total. The van der Waals surface area contributed by atoms with Crippen LogP contribution in [-0.4, -0.2) is 28.8 Å². The van der Waals surface area contributed by atoms with Crippen molar-refractivity contribution in [3.05, 3.63) is 113 Å². The summed E-state index contributed by atoms with van der Waals surface area (Å²) in [5.41, 5.74) is 12.8. The van der Waals surface area contributed by atoms with Gasteiger partial charge in [-0.3, -0.25) is 10.1 Å². The normalized spacial score (nSPS) is 11.1. The molecule has 2 amide bonds. The summed E-state index contributed by atoms with van der Waals surface area (Å²) in [5, 5.41) is 8.40. The van der Waals surface area contributed by atoms with E-state index in [1.54, 1.807) is 13.2 Å². The van der Waals surface area contributed by atoms with Gasteiger partial charge in [0.25, 0.3) is 0 Å². The summed E-state index contributed by atoms with van der Waals surface area (Å²) in [6, 6.07) is 26.8. The summed E-state index contributed by atoms with van der Waals surface area (Å²) in [6.45, 7) is 4.37. The average molecular weight is 575 g/mol. The Balaban J connectivity index is 1.43. The molecule has 43 heavy (non-hydrogen) atoms. The number of carbonyl (C=O) groups is 2. The molecule has 0 saturated heterocycles. The highest BCUT2D eigenvalue weighted by Crippen LogP contribution is 2.38. The van der Waals surface area contributed by atoms with Crippen LogP contribution in [-0.2, 0) is 17.9 Å². The molecule has 0 aliphatic rings. The summed E-state index contributed by atoms with van der Waals surface area (Å²) in [5.74, 6) is 0.814. The van der Waals surface area contributed by atoms with Crippen molar-refractivity contribution in [2.24, 2.45) is 5.73 Å². The molecule has 0 saturated carbocycles. The summed E-state index contributed by atoms with van der Waals surface area (Å²) in [7, 11) is 1.60. The smallest absolute Gasteiger partial charge is 0.411 e. The van der Waals surface area contributed by atoms with Gasteiger partial charge in [-0.15, -0.1) is 0 Å². The fraction of sp³-hybridized carbons (Fsp3) is 0.147. The van der Waals surface area contributed by atoms with E-state index in [-0.39, 0.29) is 6.61 Å². The predicted molar refractivity (Wildman–Crippen MR) is 165 cm³/mol. The van der Waals surface area contributed by atoms with Gasteiger partial charge in [0.15, 0.2) is 0 Å². The van der Waals surface area contributed by atoms with E-state index in [1.165, 1.54) is 0 Å². The van der Waals surface area contributed by atoms with Gasteiger partial charge in [-0.05, 0) is 73.0 Å². The van der Waals surface area contributed by atoms with Gasteiger partial charge in [0, 0.05) is 39.6 Å². The molecule has 0 aliphatic heterocycles. The van der Waals surface area contributed by atoms with Gasteiger partial charge >= 0.3 is 6.09 Å². The number of nitrogens with one attached hydrogen (secondary N) is 1. The van der Waals surface area contributed by atoms with Gasteiger partial charge in [-0.1, -0.05) is 47.6 Å². The minimum absolute atomic E-state index is 0.102. The van der Waals surface area contributed by atoms with E-state index in [0.29, 0.717) is 28.9 Å². The molecule has 216 valence electrons. The standard InChI is InChI=1S/C34H30N4O5/c1-20-31(21(2)43-37-20)24-15-28(33(35)39)32-27-17-25(36-34(40)42-19-23-9-12-26(41-3)13-10-23)11-14-29(27)38(30(32)16-24)18-22-7-5-4-6-8-22/h4-17H,18-19H2,1-3H3,(H2,35,39)(H,36,40). The Morgan fingerprint density at radius 1 is 0.930 bits per heavy atom. The number of fused-ring (bicyclic) bond motifs is 3. The number of nitrogens with two attached hydrogens (primary N) is 1. The number of aryl methyl sites for hydroxylation is 2. The third kappa shape index (κ3) is 5.40. The summed E-state index contributed by atoms with van der Waals surface area (Å²) >= 11 is 0. The molecule has 0 bridgehead atoms. The highest BCUT2D eigenvalue weighted by molar-refractivity contribution is 6.19. The molecule has 2 aromatic heterocycles. The number of anilines is 1. The van der Waals surface area contributed by atoms with Crippen LogP contribution in [0.2, 0.25) is 0 Å². The molecule has 0 aliphatic carbocycles. The lowest BCUT2D eigenvalue weighted by atomic mass is 9.97. The molecule has 0 radical (unpaired) electrons. The van der Waals surface area contributed by atoms with Crippen LogP contribution >= 0.6 is 0 Å². The highest BCUT2D eigenvalue weighted by atomic mass is 16.5. The van der Waals surface area contributed by atoms with Crippen LogP contribution in [0.25, 0.3) is 32.9 Å². The SMILES string of the molecule is COc1ccc(COC(=O)Nc2ccc3c(c2)c2c(C(N)=O)cc(-c4c(C)noc4C)cc2n3Cc2ccccc2)cc1. The Morgan fingerprint density at radius 3 is 2.37 bits per heavy atom. The number of carbonyl (C=O) groups excluding carboxylic acids is 2. The fourth-order valence-electron chi connectivity index (χ4n) is 5.50. The Morgan fingerprint density at radius 2 is 1.70 bits per heavy atom. The van der Waals surface area contributed by atoms with Crippen molar-refractivity contribution >= 4 is 39.5 Å². The van der Waals surface area contributed by atoms with Gasteiger partial charge in [0.05, 0.1) is 18.3 Å². The first kappa shape index (κ1) is 27.6. The topological polar surface area (TPSA) is 122 Å². The Labute approximate surface area is 247 Å². The monoisotopic (exact) mass is 574 g/mol. The van der Waals surface area contributed by atoms with Crippen molar-refractivity contribution in [3.8, 4) is 16.9 Å². The quantitative estimate of drug-likeness (QED) is 0.202. The molecular formula is C34H30N4O5. The predicted octanol–water partition coefficient (Wildman–Crippen LogP) is 6.97. The van der Waals surface area contributed by atoms with Crippen LogP contribution in [0.4, 0.5) is 10.5 Å². The van der Waals surface area contributed by atoms with Crippen LogP contribution in [0.5, 0.6) is 5.75 Å². The average Bonchev–Trinajstić information content (AvgIpc) is 3.51. The number of amides is 2. The van der Waals surface area contributed by atoms with Crippen LogP contribution in [0.3, 0.4) is 0 Å². The van der Waals surface area contributed by atoms with Crippen molar-refractivity contribution in [2.75, 3.05) is 12.4 Å². The Hall–Kier alpha value is -5.57. The van der Waals surface area contributed by atoms with E-state index in [9.17, 15) is 9.59 Å². The third-order valence-electron chi connectivity index (χ3n) is 7.51. The molecule has 2 heterocycles. The highest BCUT2D eigenvalue weighted by Gasteiger charge is 2.22. The number of methoxy groups -OCH3 is 1. The molecular weight excluding hydrogens is 544 g/mol. The second-order valence-electron chi connectivity index (χ2n) is 10.3. The fourth-order valence-corrected chi connectivity index (χ4v) is 5.50. The minimum atomic E-state index is -0.598. The van der Waals surface area contributed by atoms with Gasteiger partial charge in [-0.2, -0.15) is 0 Å². The number of nitrogens with zero attached hydrogens (tertiary/aromatic N) is 2. The van der Waals surface area contributed by atoms with Crippen molar-refractivity contribution < 1.29 is 23.6 Å². The second-order valence-corrected chi connectivity index (χ2v) is 10.3. The first-order valence-corrected chi connectivity index (χ1v) is 13.8. The molecule has 6 aromatic rings. The van der Waals surface area contributed by atoms with Crippen molar-refractivity contribution in [1.29, 1.82) is 0 Å². The van der Waals surface area contributed by atoms with Crippen molar-refractivity contribution in [2.45, 2.75) is 27.0 Å². The summed E-state index contributed by atoms with van der Waals surface area (Å²) in [6.07, 6.45) is -0.598. The van der Waals surface area contributed by atoms with Crippen molar-refractivity contribution in [1.82, 2.24) is 9.72 Å². The van der Waals surface area contributed by atoms with E-state index in [2.05, 4.69) is 27.2 Å². The number of ether oxygens (including phenoxy) is 2. The van der Waals surface area contributed by atoms with Gasteiger partial charge in [-0.25, -0.2) is 4.79 Å². The molecule has 0 spiro atoms. The zero-order valence-corrected chi connectivity index (χ0v) is 24.0. The molecule has 4 aromatic carbocycles. The van der Waals surface area contributed by atoms with E-state index in [1.807, 2.05) is 80.6 Å². The van der Waals surface area contributed by atoms with Gasteiger partial charge < -0.3 is 24.3 Å². The molecule has 3 N–H and O–H groups in total. The molecule has 9 heteroatoms. The van der Waals surface area contributed by atoms with Crippen LogP contribution in [0.1, 0.15) is 32.9 Å². The first-order valence-electron chi connectivity index (χ1n) is 13.8. The zero-order chi connectivity index (χ0) is 30.1. The lowest BCUT2D eigenvalue weighted by Crippen LogP contribution is -2.13. The number of primary amides is 1. The maximum absolute atomic E-state index is 12.9. The molecule has 0 fully saturated rings. The number of hydrogen-bond donors (Lipinski definition) is 2. The number of rotatable bonds is 8. The third-order valence-corrected chi connectivity index (χ3v) is 7.51. The van der Waals surface area contributed by atoms with E-state index in [4.69, 9.17) is 19.7 Å². The number of benzene rings is 4. The van der Waals surface area contributed by atoms with E-state index in [0.717, 1.165) is 50.1 Å². The minimum Gasteiger partial charge on any atom is -0.497 e. The lowest BCUT2D eigenvalue weighted by molar-refractivity contribution is 0.100. The van der Waals surface area contributed by atoms with E-state index >= 15 is 0 Å². The lowest BCUT2D eigenvalue weighted by Gasteiger charge is -2.11. The van der Waals surface area contributed by atoms with E-state index < -0.39 is 12.0 Å². The largest absolute Gasteiger partial charge is 0.497 e. The van der Waals surface area contributed by atoms with Crippen LogP contribution in [0, 0.1) is 13.8 Å². The summed E-state index contributed by atoms with van der Waals surface area (Å²) in [4.78, 5) is 25.6. The zero-order valence-electron chi connectivity index (χ0n) is 24.0. The Kier molecular flexibility index (Phi) is 7.29. The maximum atomic E-state index is 12.9.